The molecule has 0 amide bonds. The van der Waals surface area contributed by atoms with Crippen LogP contribution in [0.5, 0.6) is 5.75 Å². The van der Waals surface area contributed by atoms with Gasteiger partial charge in [-0.05, 0) is 39.9 Å². The highest BCUT2D eigenvalue weighted by atomic mass is 16.5. The van der Waals surface area contributed by atoms with Crippen LogP contribution in [0.3, 0.4) is 0 Å². The molecule has 0 saturated carbocycles. The van der Waals surface area contributed by atoms with Gasteiger partial charge in [-0.25, -0.2) is 0 Å². The van der Waals surface area contributed by atoms with Crippen LogP contribution in [-0.2, 0) is 0 Å². The Kier molecular flexibility index (Phi) is 8.05. The van der Waals surface area contributed by atoms with Crippen molar-refractivity contribution in [1.82, 2.24) is 0 Å². The van der Waals surface area contributed by atoms with Crippen molar-refractivity contribution in [2.45, 2.75) is 11.8 Å². The van der Waals surface area contributed by atoms with Gasteiger partial charge in [-0.1, -0.05) is 152 Å². The van der Waals surface area contributed by atoms with Crippen LogP contribution < -0.4 is 10.2 Å². The summed E-state index contributed by atoms with van der Waals surface area (Å²) in [7, 11) is 1.70. The van der Waals surface area contributed by atoms with E-state index in [9.17, 15) is 4.79 Å². The first-order valence-electron chi connectivity index (χ1n) is 14.3. The van der Waals surface area contributed by atoms with Gasteiger partial charge in [-0.15, -0.1) is 0 Å². The van der Waals surface area contributed by atoms with E-state index in [0.29, 0.717) is 11.3 Å². The largest absolute Gasteiger partial charge is 0.496 e. The molecular weight excluding hydrogens is 512 g/mol. The molecule has 0 aromatic heterocycles. The Bertz CT molecular complexity index is 1720. The Balaban J connectivity index is 1.74. The summed E-state index contributed by atoms with van der Waals surface area (Å²) >= 11 is 0. The molecule has 0 aliphatic rings. The second-order valence-corrected chi connectivity index (χ2v) is 10.4. The summed E-state index contributed by atoms with van der Waals surface area (Å²) in [5.41, 5.74) is 7.72. The van der Waals surface area contributed by atoms with Crippen molar-refractivity contribution in [2.75, 3.05) is 7.11 Å². The minimum Gasteiger partial charge on any atom is -0.496 e. The number of hydrogen-bond acceptors (Lipinski definition) is 2. The lowest BCUT2D eigenvalue weighted by Gasteiger charge is -2.23. The highest BCUT2D eigenvalue weighted by Gasteiger charge is 2.27. The molecule has 0 unspecified atom stereocenters. The zero-order valence-corrected chi connectivity index (χ0v) is 23.6. The Morgan fingerprint density at radius 1 is 0.452 bits per heavy atom. The maximum atomic E-state index is 14.5. The molecule has 0 heterocycles. The quantitative estimate of drug-likeness (QED) is 0.191. The smallest absolute Gasteiger partial charge is 0.183 e. The number of hydrogen-bond donors (Lipinski definition) is 0. The van der Waals surface area contributed by atoms with E-state index in [2.05, 4.69) is 78.9 Å². The average Bonchev–Trinajstić information content (AvgIpc) is 3.20. The Labute approximate surface area is 247 Å². The van der Waals surface area contributed by atoms with Crippen molar-refractivity contribution in [3.63, 3.8) is 0 Å². The summed E-state index contributed by atoms with van der Waals surface area (Å²) in [4.78, 5) is 14.5. The third kappa shape index (κ3) is 5.53. The molecule has 42 heavy (non-hydrogen) atoms. The molecule has 0 radical (unpaired) electrons. The molecule has 0 spiro atoms. The van der Waals surface area contributed by atoms with Crippen molar-refractivity contribution < 1.29 is 4.74 Å². The van der Waals surface area contributed by atoms with Crippen molar-refractivity contribution in [1.29, 1.82) is 0 Å². The minimum absolute atomic E-state index is 0.0315. The maximum absolute atomic E-state index is 14.5. The monoisotopic (exact) mass is 544 g/mol. The van der Waals surface area contributed by atoms with E-state index in [-0.39, 0.29) is 17.3 Å². The van der Waals surface area contributed by atoms with Gasteiger partial charge in [0.25, 0.3) is 0 Å². The SMILES string of the molecule is COc1c(-c2ccccc2)cc(=O)c(C(c2ccccc2)c2ccccc2)cc1C(c1ccccc1)c1ccccc1. The molecular formula is C40H32O2. The third-order valence-corrected chi connectivity index (χ3v) is 7.82. The highest BCUT2D eigenvalue weighted by molar-refractivity contribution is 5.73. The number of ether oxygens (including phenoxy) is 1. The van der Waals surface area contributed by atoms with Gasteiger partial charge >= 0.3 is 0 Å². The van der Waals surface area contributed by atoms with Gasteiger partial charge in [0.1, 0.15) is 5.75 Å². The van der Waals surface area contributed by atoms with E-state index in [4.69, 9.17) is 4.74 Å². The van der Waals surface area contributed by atoms with Crippen LogP contribution in [0.25, 0.3) is 11.1 Å². The van der Waals surface area contributed by atoms with Crippen LogP contribution in [0.1, 0.15) is 45.2 Å². The first kappa shape index (κ1) is 27.0. The van der Waals surface area contributed by atoms with Gasteiger partial charge in [0.2, 0.25) is 0 Å². The van der Waals surface area contributed by atoms with E-state index in [1.807, 2.05) is 78.9 Å². The average molecular weight is 545 g/mol. The van der Waals surface area contributed by atoms with Crippen LogP contribution in [0, 0.1) is 0 Å². The van der Waals surface area contributed by atoms with Crippen LogP contribution in [0.2, 0.25) is 0 Å². The topological polar surface area (TPSA) is 26.3 Å². The summed E-state index contributed by atoms with van der Waals surface area (Å²) in [5.74, 6) is 0.274. The molecule has 6 rings (SSSR count). The Morgan fingerprint density at radius 3 is 1.19 bits per heavy atom. The molecule has 0 N–H and O–H groups in total. The van der Waals surface area contributed by atoms with Crippen molar-refractivity contribution in [3.05, 3.63) is 207 Å². The molecule has 0 fully saturated rings. The van der Waals surface area contributed by atoms with Gasteiger partial charge in [-0.2, -0.15) is 0 Å². The fourth-order valence-corrected chi connectivity index (χ4v) is 5.92. The van der Waals surface area contributed by atoms with E-state index in [1.165, 1.54) is 0 Å². The van der Waals surface area contributed by atoms with Crippen LogP contribution >= 0.6 is 0 Å². The van der Waals surface area contributed by atoms with Crippen molar-refractivity contribution in [3.8, 4) is 16.9 Å². The predicted octanol–water partition coefficient (Wildman–Crippen LogP) is 9.08. The van der Waals surface area contributed by atoms with Crippen molar-refractivity contribution in [2.24, 2.45) is 0 Å². The molecule has 2 nitrogen and oxygen atoms in total. The number of benzene rings is 5. The molecule has 0 atom stereocenters. The lowest BCUT2D eigenvalue weighted by atomic mass is 9.81. The highest BCUT2D eigenvalue weighted by Crippen LogP contribution is 2.43. The molecule has 2 heteroatoms. The van der Waals surface area contributed by atoms with Crippen LogP contribution in [-0.4, -0.2) is 7.11 Å². The second kappa shape index (κ2) is 12.5. The normalized spacial score (nSPS) is 11.0. The van der Waals surface area contributed by atoms with Gasteiger partial charge in [0.05, 0.1) is 7.11 Å². The molecule has 0 bridgehead atoms. The zero-order chi connectivity index (χ0) is 28.7. The summed E-state index contributed by atoms with van der Waals surface area (Å²) in [6, 6.07) is 55.4. The summed E-state index contributed by atoms with van der Waals surface area (Å²) < 4.78 is 6.28. The Hall–Kier alpha value is -5.21. The lowest BCUT2D eigenvalue weighted by molar-refractivity contribution is 0.411. The molecule has 6 aromatic rings. The zero-order valence-electron chi connectivity index (χ0n) is 23.6. The predicted molar refractivity (Wildman–Crippen MR) is 172 cm³/mol. The van der Waals surface area contributed by atoms with Gasteiger partial charge in [-0.3, -0.25) is 4.79 Å². The Morgan fingerprint density at radius 2 is 0.810 bits per heavy atom. The first-order valence-corrected chi connectivity index (χ1v) is 14.3. The standard InChI is InChI=1S/C40H32O2/c1-42-40-34(29-17-7-2-8-18-29)28-37(41)35(38(30-19-9-3-10-20-30)31-21-11-4-12-22-31)27-36(40)39(32-23-13-5-14-24-32)33-25-15-6-16-26-33/h2-28,38-39H,1H3. The summed E-state index contributed by atoms with van der Waals surface area (Å²) in [5, 5.41) is 0. The van der Waals surface area contributed by atoms with E-state index in [1.54, 1.807) is 13.2 Å². The van der Waals surface area contributed by atoms with E-state index < -0.39 is 0 Å². The summed E-state index contributed by atoms with van der Waals surface area (Å²) in [6.45, 7) is 0. The van der Waals surface area contributed by atoms with Crippen molar-refractivity contribution >= 4 is 0 Å². The van der Waals surface area contributed by atoms with Gasteiger partial charge < -0.3 is 4.74 Å². The molecule has 0 saturated heterocycles. The van der Waals surface area contributed by atoms with E-state index >= 15 is 0 Å². The van der Waals surface area contributed by atoms with Gasteiger partial charge in [0.15, 0.2) is 5.43 Å². The second-order valence-electron chi connectivity index (χ2n) is 10.4. The summed E-state index contributed by atoms with van der Waals surface area (Å²) in [6.07, 6.45) is 0. The number of rotatable bonds is 8. The fraction of sp³-hybridized carbons (Fsp3) is 0.0750. The molecule has 204 valence electrons. The van der Waals surface area contributed by atoms with Crippen LogP contribution in [0.15, 0.2) is 169 Å². The molecule has 0 aliphatic carbocycles. The number of methoxy groups -OCH3 is 1. The molecule has 0 aliphatic heterocycles. The first-order chi connectivity index (χ1) is 20.7. The van der Waals surface area contributed by atoms with Crippen LogP contribution in [0.4, 0.5) is 0 Å². The van der Waals surface area contributed by atoms with E-state index in [0.717, 1.165) is 38.9 Å². The molecule has 6 aromatic carbocycles. The fourth-order valence-electron chi connectivity index (χ4n) is 5.92. The maximum Gasteiger partial charge on any atom is 0.183 e. The van der Waals surface area contributed by atoms with Gasteiger partial charge in [0, 0.05) is 28.5 Å². The lowest BCUT2D eigenvalue weighted by Crippen LogP contribution is -2.14. The minimum atomic E-state index is -0.258. The third-order valence-electron chi connectivity index (χ3n) is 7.82.